The van der Waals surface area contributed by atoms with Gasteiger partial charge in [0.2, 0.25) is 10.0 Å². The second-order valence-corrected chi connectivity index (χ2v) is 7.87. The number of sulfonamides is 1. The summed E-state index contributed by atoms with van der Waals surface area (Å²) in [6.45, 7) is 1.93. The zero-order valence-corrected chi connectivity index (χ0v) is 16.6. The molecule has 0 aromatic heterocycles. The van der Waals surface area contributed by atoms with E-state index in [4.69, 9.17) is 14.2 Å². The van der Waals surface area contributed by atoms with Crippen molar-refractivity contribution >= 4 is 26.0 Å². The number of hydrogen-bond acceptors (Lipinski definition) is 5. The molecular weight excluding hydrogens is 410 g/mol. The molecule has 0 aliphatic carbocycles. The molecule has 0 heterocycles. The predicted octanol–water partition coefficient (Wildman–Crippen LogP) is 3.21. The SMILES string of the molecule is COc1ccc(OC[C@H](C)NS(=O)(=O)c2ccc(OC)c(Br)c2)cc1. The molecule has 25 heavy (non-hydrogen) atoms. The van der Waals surface area contributed by atoms with Crippen LogP contribution in [0, 0.1) is 0 Å². The summed E-state index contributed by atoms with van der Waals surface area (Å²) in [6, 6.07) is 11.3. The number of hydrogen-bond donors (Lipinski definition) is 1. The third-order valence-corrected chi connectivity index (χ3v) is 5.56. The lowest BCUT2D eigenvalue weighted by atomic mass is 10.3. The van der Waals surface area contributed by atoms with Gasteiger partial charge in [-0.05, 0) is 65.3 Å². The summed E-state index contributed by atoms with van der Waals surface area (Å²) in [5.41, 5.74) is 0. The predicted molar refractivity (Wildman–Crippen MR) is 99.0 cm³/mol. The largest absolute Gasteiger partial charge is 0.497 e. The lowest BCUT2D eigenvalue weighted by Crippen LogP contribution is -2.36. The number of benzene rings is 2. The monoisotopic (exact) mass is 429 g/mol. The topological polar surface area (TPSA) is 73.9 Å². The Morgan fingerprint density at radius 2 is 1.68 bits per heavy atom. The van der Waals surface area contributed by atoms with E-state index in [1.54, 1.807) is 44.4 Å². The van der Waals surface area contributed by atoms with E-state index < -0.39 is 16.1 Å². The molecule has 0 spiro atoms. The standard InChI is InChI=1S/C17H20BrNO5S/c1-12(11-24-14-6-4-13(22-2)5-7-14)19-25(20,21)15-8-9-17(23-3)16(18)10-15/h4-10,12,19H,11H2,1-3H3/t12-/m0/s1. The first kappa shape index (κ1) is 19.6. The first-order valence-corrected chi connectivity index (χ1v) is 9.76. The van der Waals surface area contributed by atoms with Crippen LogP contribution in [0.4, 0.5) is 0 Å². The van der Waals surface area contributed by atoms with Crippen LogP contribution in [0.5, 0.6) is 17.2 Å². The fourth-order valence-corrected chi connectivity index (χ4v) is 4.02. The maximum Gasteiger partial charge on any atom is 0.240 e. The van der Waals surface area contributed by atoms with Gasteiger partial charge in [0.05, 0.1) is 29.6 Å². The van der Waals surface area contributed by atoms with Gasteiger partial charge >= 0.3 is 0 Å². The van der Waals surface area contributed by atoms with Gasteiger partial charge in [-0.3, -0.25) is 0 Å². The molecule has 2 rings (SSSR count). The average Bonchev–Trinajstić information content (AvgIpc) is 2.60. The summed E-state index contributed by atoms with van der Waals surface area (Å²) < 4.78 is 43.8. The fraction of sp³-hybridized carbons (Fsp3) is 0.294. The van der Waals surface area contributed by atoms with E-state index in [1.807, 2.05) is 0 Å². The van der Waals surface area contributed by atoms with Crippen LogP contribution in [0.15, 0.2) is 51.8 Å². The van der Waals surface area contributed by atoms with Crippen molar-refractivity contribution in [1.82, 2.24) is 4.72 Å². The Morgan fingerprint density at radius 3 is 2.24 bits per heavy atom. The molecule has 0 unspecified atom stereocenters. The minimum absolute atomic E-state index is 0.150. The maximum atomic E-state index is 12.4. The third kappa shape index (κ3) is 5.35. The van der Waals surface area contributed by atoms with E-state index in [0.717, 1.165) is 5.75 Å². The zero-order chi connectivity index (χ0) is 18.4. The van der Waals surface area contributed by atoms with Crippen molar-refractivity contribution < 1.29 is 22.6 Å². The zero-order valence-electron chi connectivity index (χ0n) is 14.2. The molecule has 0 fully saturated rings. The van der Waals surface area contributed by atoms with Crippen LogP contribution in [-0.2, 0) is 10.0 Å². The molecule has 1 N–H and O–H groups in total. The minimum atomic E-state index is -3.66. The van der Waals surface area contributed by atoms with Crippen LogP contribution in [0.3, 0.4) is 0 Å². The first-order valence-electron chi connectivity index (χ1n) is 7.48. The second-order valence-electron chi connectivity index (χ2n) is 5.31. The quantitative estimate of drug-likeness (QED) is 0.697. The van der Waals surface area contributed by atoms with Gasteiger partial charge in [-0.25, -0.2) is 13.1 Å². The van der Waals surface area contributed by atoms with Crippen molar-refractivity contribution in [2.24, 2.45) is 0 Å². The molecule has 0 radical (unpaired) electrons. The van der Waals surface area contributed by atoms with Crippen LogP contribution in [0.1, 0.15) is 6.92 Å². The molecule has 6 nitrogen and oxygen atoms in total. The molecule has 136 valence electrons. The van der Waals surface area contributed by atoms with Crippen LogP contribution in [0.25, 0.3) is 0 Å². The molecule has 0 saturated heterocycles. The third-order valence-electron chi connectivity index (χ3n) is 3.35. The number of methoxy groups -OCH3 is 2. The van der Waals surface area contributed by atoms with Gasteiger partial charge in [-0.2, -0.15) is 0 Å². The Morgan fingerprint density at radius 1 is 1.04 bits per heavy atom. The molecule has 0 saturated carbocycles. The molecule has 2 aromatic carbocycles. The Kier molecular flexibility index (Phi) is 6.69. The van der Waals surface area contributed by atoms with Gasteiger partial charge in [0.1, 0.15) is 23.9 Å². The smallest absolute Gasteiger partial charge is 0.240 e. The number of rotatable bonds is 8. The normalized spacial score (nSPS) is 12.5. The molecular formula is C17H20BrNO5S. The molecule has 2 aromatic rings. The number of nitrogens with one attached hydrogen (secondary N) is 1. The Balaban J connectivity index is 1.98. The highest BCUT2D eigenvalue weighted by molar-refractivity contribution is 9.10. The Hall–Kier alpha value is -1.77. The lowest BCUT2D eigenvalue weighted by molar-refractivity contribution is 0.287. The van der Waals surface area contributed by atoms with Crippen molar-refractivity contribution in [1.29, 1.82) is 0 Å². The highest BCUT2D eigenvalue weighted by atomic mass is 79.9. The van der Waals surface area contributed by atoms with Gasteiger partial charge in [-0.15, -0.1) is 0 Å². The van der Waals surface area contributed by atoms with Crippen molar-refractivity contribution in [2.75, 3.05) is 20.8 Å². The highest BCUT2D eigenvalue weighted by Gasteiger charge is 2.19. The fourth-order valence-electron chi connectivity index (χ4n) is 2.07. The molecule has 8 heteroatoms. The van der Waals surface area contributed by atoms with Crippen molar-refractivity contribution in [2.45, 2.75) is 17.9 Å². The van der Waals surface area contributed by atoms with Crippen LogP contribution >= 0.6 is 15.9 Å². The van der Waals surface area contributed by atoms with Gasteiger partial charge < -0.3 is 14.2 Å². The van der Waals surface area contributed by atoms with E-state index in [0.29, 0.717) is 16.0 Å². The summed E-state index contributed by atoms with van der Waals surface area (Å²) in [6.07, 6.45) is 0. The van der Waals surface area contributed by atoms with Crippen molar-refractivity contribution in [3.8, 4) is 17.2 Å². The van der Waals surface area contributed by atoms with E-state index in [-0.39, 0.29) is 11.5 Å². The van der Waals surface area contributed by atoms with Crippen LogP contribution < -0.4 is 18.9 Å². The summed E-state index contributed by atoms with van der Waals surface area (Å²) in [4.78, 5) is 0.150. The summed E-state index contributed by atoms with van der Waals surface area (Å²) >= 11 is 3.29. The van der Waals surface area contributed by atoms with E-state index in [9.17, 15) is 8.42 Å². The molecule has 0 aliphatic rings. The number of ether oxygens (including phenoxy) is 3. The summed E-state index contributed by atoms with van der Waals surface area (Å²) in [5, 5.41) is 0. The first-order chi connectivity index (χ1) is 11.9. The van der Waals surface area contributed by atoms with Crippen LogP contribution in [-0.4, -0.2) is 35.3 Å². The van der Waals surface area contributed by atoms with Gasteiger partial charge in [0.25, 0.3) is 0 Å². The van der Waals surface area contributed by atoms with Crippen molar-refractivity contribution in [3.05, 3.63) is 46.9 Å². The minimum Gasteiger partial charge on any atom is -0.497 e. The van der Waals surface area contributed by atoms with E-state index in [1.165, 1.54) is 19.2 Å². The van der Waals surface area contributed by atoms with Gasteiger partial charge in [-0.1, -0.05) is 0 Å². The molecule has 1 atom stereocenters. The molecule has 0 amide bonds. The molecule has 0 aliphatic heterocycles. The summed E-state index contributed by atoms with van der Waals surface area (Å²) in [7, 11) is -0.551. The average molecular weight is 430 g/mol. The Labute approximate surface area is 156 Å². The van der Waals surface area contributed by atoms with E-state index in [2.05, 4.69) is 20.7 Å². The lowest BCUT2D eigenvalue weighted by Gasteiger charge is -2.16. The second kappa shape index (κ2) is 8.55. The maximum absolute atomic E-state index is 12.4. The van der Waals surface area contributed by atoms with E-state index >= 15 is 0 Å². The number of halogens is 1. The highest BCUT2D eigenvalue weighted by Crippen LogP contribution is 2.27. The van der Waals surface area contributed by atoms with Gasteiger partial charge in [0.15, 0.2) is 0 Å². The van der Waals surface area contributed by atoms with Gasteiger partial charge in [0, 0.05) is 0 Å². The Bertz CT molecular complexity index is 808. The van der Waals surface area contributed by atoms with Crippen molar-refractivity contribution in [3.63, 3.8) is 0 Å². The van der Waals surface area contributed by atoms with Crippen LogP contribution in [0.2, 0.25) is 0 Å². The molecule has 0 bridgehead atoms. The summed E-state index contributed by atoms with van der Waals surface area (Å²) in [5.74, 6) is 1.93.